The number of hydrogen-bond donors (Lipinski definition) is 1. The normalized spacial score (nSPS) is 15.1. The van der Waals surface area contributed by atoms with Crippen LogP contribution in [0.15, 0.2) is 54.9 Å². The number of aromatic nitrogens is 2. The van der Waals surface area contributed by atoms with Gasteiger partial charge < -0.3 is 19.8 Å². The minimum Gasteiger partial charge on any atom is -0.486 e. The Hall–Kier alpha value is -3.61. The van der Waals surface area contributed by atoms with Gasteiger partial charge in [0.15, 0.2) is 30.0 Å². The van der Waals surface area contributed by atoms with Gasteiger partial charge in [0.1, 0.15) is 12.2 Å². The number of ketones is 1. The molecule has 1 aromatic carbocycles. The first kappa shape index (κ1) is 19.7. The Labute approximate surface area is 174 Å². The number of hydrogen-bond acceptors (Lipinski definition) is 4. The Morgan fingerprint density at radius 1 is 1.17 bits per heavy atom. The zero-order chi connectivity index (χ0) is 21.3. The summed E-state index contributed by atoms with van der Waals surface area (Å²) in [5.74, 6) is 0.928. The van der Waals surface area contributed by atoms with Gasteiger partial charge in [-0.25, -0.2) is 0 Å². The fraction of sp³-hybridized carbons (Fsp3) is 0.261. The standard InChI is InChI=1S/C23H23N3O4/c1-15-10-19(20(27)13-25-9-5-6-17(11-25)23(24)28)16(2)26(15)12-18-14-29-21-7-3-4-8-22(21)30-18/h3-11,18H,12-14H2,1-2H3,(H-,24,28)/p+1/t18-/m1/s1. The van der Waals surface area contributed by atoms with Crippen LogP contribution in [0, 0.1) is 13.8 Å². The molecule has 0 spiro atoms. The van der Waals surface area contributed by atoms with Gasteiger partial charge in [0.2, 0.25) is 12.3 Å². The summed E-state index contributed by atoms with van der Waals surface area (Å²) in [5, 5.41) is 0. The lowest BCUT2D eigenvalue weighted by atomic mass is 10.1. The first-order chi connectivity index (χ1) is 14.4. The first-order valence-corrected chi connectivity index (χ1v) is 9.79. The first-order valence-electron chi connectivity index (χ1n) is 9.79. The van der Waals surface area contributed by atoms with Gasteiger partial charge in [0, 0.05) is 23.0 Å². The maximum absolute atomic E-state index is 12.9. The molecule has 0 saturated carbocycles. The van der Waals surface area contributed by atoms with E-state index in [1.807, 2.05) is 44.2 Å². The molecule has 1 aliphatic heterocycles. The van der Waals surface area contributed by atoms with Crippen molar-refractivity contribution in [3.63, 3.8) is 0 Å². The topological polar surface area (TPSA) is 87.4 Å². The van der Waals surface area contributed by atoms with Crippen LogP contribution in [-0.2, 0) is 13.1 Å². The number of pyridine rings is 1. The monoisotopic (exact) mass is 406 g/mol. The molecule has 154 valence electrons. The Kier molecular flexibility index (Phi) is 5.27. The van der Waals surface area contributed by atoms with E-state index in [4.69, 9.17) is 15.2 Å². The molecule has 1 aliphatic rings. The van der Waals surface area contributed by atoms with Crippen molar-refractivity contribution in [2.45, 2.75) is 33.0 Å². The molecule has 0 unspecified atom stereocenters. The number of amides is 1. The van der Waals surface area contributed by atoms with E-state index in [1.165, 1.54) is 0 Å². The van der Waals surface area contributed by atoms with E-state index in [0.29, 0.717) is 24.3 Å². The zero-order valence-electron chi connectivity index (χ0n) is 17.0. The minimum absolute atomic E-state index is 0.0351. The van der Waals surface area contributed by atoms with Gasteiger partial charge in [0.05, 0.1) is 6.54 Å². The number of fused-ring (bicyclic) bond motifs is 1. The molecular weight excluding hydrogens is 382 g/mol. The Bertz CT molecular complexity index is 1120. The van der Waals surface area contributed by atoms with E-state index in [0.717, 1.165) is 22.9 Å². The molecule has 0 saturated heterocycles. The molecule has 7 heteroatoms. The van der Waals surface area contributed by atoms with Crippen LogP contribution in [0.25, 0.3) is 0 Å². The highest BCUT2D eigenvalue weighted by Gasteiger charge is 2.25. The number of nitrogens with zero attached hydrogens (tertiary/aromatic N) is 2. The highest BCUT2D eigenvalue weighted by atomic mass is 16.6. The van der Waals surface area contributed by atoms with Crippen LogP contribution >= 0.6 is 0 Å². The number of para-hydroxylation sites is 2. The second kappa shape index (κ2) is 8.02. The van der Waals surface area contributed by atoms with Crippen LogP contribution in [0.3, 0.4) is 0 Å². The smallest absolute Gasteiger partial charge is 0.254 e. The lowest BCUT2D eigenvalue weighted by Gasteiger charge is -2.27. The van der Waals surface area contributed by atoms with Crippen LogP contribution in [-0.4, -0.2) is 29.0 Å². The second-order valence-electron chi connectivity index (χ2n) is 7.45. The summed E-state index contributed by atoms with van der Waals surface area (Å²) >= 11 is 0. The van der Waals surface area contributed by atoms with Gasteiger partial charge in [-0.15, -0.1) is 0 Å². The van der Waals surface area contributed by atoms with E-state index >= 15 is 0 Å². The molecule has 0 fully saturated rings. The van der Waals surface area contributed by atoms with Gasteiger partial charge >= 0.3 is 0 Å². The van der Waals surface area contributed by atoms with E-state index in [1.54, 1.807) is 29.1 Å². The lowest BCUT2D eigenvalue weighted by Crippen LogP contribution is -2.38. The van der Waals surface area contributed by atoms with E-state index in [-0.39, 0.29) is 18.4 Å². The number of carbonyl (C=O) groups is 2. The fourth-order valence-corrected chi connectivity index (χ4v) is 3.74. The summed E-state index contributed by atoms with van der Waals surface area (Å²) in [6.07, 6.45) is 3.19. The molecule has 1 amide bonds. The number of carbonyl (C=O) groups excluding carboxylic acids is 2. The van der Waals surface area contributed by atoms with Crippen LogP contribution in [0.2, 0.25) is 0 Å². The van der Waals surface area contributed by atoms with Crippen molar-refractivity contribution in [3.05, 3.63) is 77.4 Å². The van der Waals surface area contributed by atoms with Crippen molar-refractivity contribution >= 4 is 11.7 Å². The zero-order valence-corrected chi connectivity index (χ0v) is 17.0. The van der Waals surface area contributed by atoms with Crippen molar-refractivity contribution in [2.24, 2.45) is 5.73 Å². The van der Waals surface area contributed by atoms with Crippen LogP contribution < -0.4 is 19.8 Å². The molecule has 7 nitrogen and oxygen atoms in total. The SMILES string of the molecule is Cc1cc(C(=O)C[n+]2cccc(C(N)=O)c2)c(C)n1C[C@@H]1COc2ccccc2O1. The minimum atomic E-state index is -0.522. The third-order valence-electron chi connectivity index (χ3n) is 5.30. The summed E-state index contributed by atoms with van der Waals surface area (Å²) in [4.78, 5) is 24.3. The van der Waals surface area contributed by atoms with Gasteiger partial charge in [0.25, 0.3) is 5.91 Å². The Morgan fingerprint density at radius 3 is 2.70 bits per heavy atom. The number of nitrogens with two attached hydrogens (primary N) is 1. The summed E-state index contributed by atoms with van der Waals surface area (Å²) in [7, 11) is 0. The van der Waals surface area contributed by atoms with Crippen molar-refractivity contribution < 1.29 is 23.6 Å². The summed E-state index contributed by atoms with van der Waals surface area (Å²) in [6.45, 7) is 5.07. The van der Waals surface area contributed by atoms with Crippen LogP contribution in [0.1, 0.15) is 32.1 Å². The fourth-order valence-electron chi connectivity index (χ4n) is 3.74. The number of benzene rings is 1. The third kappa shape index (κ3) is 3.91. The average molecular weight is 406 g/mol. The summed E-state index contributed by atoms with van der Waals surface area (Å²) in [5.41, 5.74) is 8.21. The van der Waals surface area contributed by atoms with E-state index in [2.05, 4.69) is 4.57 Å². The largest absolute Gasteiger partial charge is 0.486 e. The molecule has 30 heavy (non-hydrogen) atoms. The summed E-state index contributed by atoms with van der Waals surface area (Å²) < 4.78 is 15.6. The van der Waals surface area contributed by atoms with E-state index < -0.39 is 5.91 Å². The van der Waals surface area contributed by atoms with Crippen molar-refractivity contribution in [1.82, 2.24) is 4.57 Å². The molecule has 2 aromatic heterocycles. The Balaban J connectivity index is 1.50. The number of primary amides is 1. The van der Waals surface area contributed by atoms with Crippen LogP contribution in [0.5, 0.6) is 11.5 Å². The maximum Gasteiger partial charge on any atom is 0.254 e. The van der Waals surface area contributed by atoms with Crippen molar-refractivity contribution in [3.8, 4) is 11.5 Å². The average Bonchev–Trinajstić information content (AvgIpc) is 3.02. The van der Waals surface area contributed by atoms with Gasteiger partial charge in [-0.1, -0.05) is 12.1 Å². The predicted octanol–water partition coefficient (Wildman–Crippen LogP) is 2.21. The van der Waals surface area contributed by atoms with Gasteiger partial charge in [-0.05, 0) is 38.1 Å². The number of aryl methyl sites for hydroxylation is 1. The quantitative estimate of drug-likeness (QED) is 0.502. The summed E-state index contributed by atoms with van der Waals surface area (Å²) in [6, 6.07) is 12.8. The molecule has 2 N–H and O–H groups in total. The maximum atomic E-state index is 12.9. The molecule has 1 atom stereocenters. The number of rotatable bonds is 6. The molecule has 4 rings (SSSR count). The van der Waals surface area contributed by atoms with Gasteiger partial charge in [-0.2, -0.15) is 4.57 Å². The Morgan fingerprint density at radius 2 is 1.93 bits per heavy atom. The number of Topliss-reactive ketones (excluding diaryl/α,β-unsaturated/α-hetero) is 1. The highest BCUT2D eigenvalue weighted by Crippen LogP contribution is 2.31. The van der Waals surface area contributed by atoms with Crippen molar-refractivity contribution in [2.75, 3.05) is 6.61 Å². The molecule has 3 aromatic rings. The molecular formula is C23H24N3O4+. The highest BCUT2D eigenvalue weighted by molar-refractivity contribution is 5.96. The second-order valence-corrected chi connectivity index (χ2v) is 7.45. The molecule has 0 radical (unpaired) electrons. The molecule has 3 heterocycles. The van der Waals surface area contributed by atoms with Crippen molar-refractivity contribution in [1.29, 1.82) is 0 Å². The van der Waals surface area contributed by atoms with E-state index in [9.17, 15) is 9.59 Å². The lowest BCUT2D eigenvalue weighted by molar-refractivity contribution is -0.683. The third-order valence-corrected chi connectivity index (χ3v) is 5.30. The molecule has 0 bridgehead atoms. The van der Waals surface area contributed by atoms with Gasteiger partial charge in [-0.3, -0.25) is 9.59 Å². The number of ether oxygens (including phenoxy) is 2. The molecule has 0 aliphatic carbocycles. The predicted molar refractivity (Wildman–Crippen MR) is 110 cm³/mol. The van der Waals surface area contributed by atoms with Crippen LogP contribution in [0.4, 0.5) is 0 Å².